The molecule has 0 radical (unpaired) electrons. The van der Waals surface area contributed by atoms with E-state index < -0.39 is 12.0 Å². The van der Waals surface area contributed by atoms with E-state index in [2.05, 4.69) is 17.9 Å². The van der Waals surface area contributed by atoms with Gasteiger partial charge in [-0.2, -0.15) is 0 Å². The van der Waals surface area contributed by atoms with Gasteiger partial charge in [-0.3, -0.25) is 4.79 Å². The van der Waals surface area contributed by atoms with Crippen molar-refractivity contribution < 1.29 is 27.8 Å². The first kappa shape index (κ1) is 18.5. The lowest BCUT2D eigenvalue weighted by atomic mass is 10.1. The summed E-state index contributed by atoms with van der Waals surface area (Å²) in [4.78, 5) is 10.2. The number of aldehydes is 1. The molecule has 0 aliphatic carbocycles. The smallest absolute Gasteiger partial charge is 0.264 e. The van der Waals surface area contributed by atoms with Gasteiger partial charge in [0.05, 0.1) is 20.3 Å². The minimum absolute atomic E-state index is 0.0540. The van der Waals surface area contributed by atoms with Crippen LogP contribution in [0.1, 0.15) is 13.8 Å². The van der Waals surface area contributed by atoms with Gasteiger partial charge in [0.25, 0.3) is 6.43 Å². The van der Waals surface area contributed by atoms with Crippen molar-refractivity contribution in [2.24, 2.45) is 0 Å². The minimum Gasteiger partial charge on any atom is -0.497 e. The molecule has 1 heterocycles. The molecule has 1 saturated heterocycles. The molecule has 4 nitrogen and oxygen atoms in total. The summed E-state index contributed by atoms with van der Waals surface area (Å²) in [5.41, 5.74) is -0.741. The molecule has 0 N–H and O–H groups in total. The van der Waals surface area contributed by atoms with Crippen LogP contribution in [0.5, 0.6) is 0 Å². The molecular weight excluding hydrogens is 270 g/mol. The van der Waals surface area contributed by atoms with Gasteiger partial charge in [0, 0.05) is 11.1 Å². The van der Waals surface area contributed by atoms with Crippen LogP contribution >= 0.6 is 0 Å². The lowest BCUT2D eigenvalue weighted by molar-refractivity contribution is -0.125. The lowest BCUT2D eigenvalue weighted by Crippen LogP contribution is -2.18. The van der Waals surface area contributed by atoms with Crippen molar-refractivity contribution >= 4 is 6.29 Å². The van der Waals surface area contributed by atoms with Gasteiger partial charge in [0.1, 0.15) is 12.0 Å². The lowest BCUT2D eigenvalue weighted by Gasteiger charge is -2.13. The maximum atomic E-state index is 12.2. The van der Waals surface area contributed by atoms with Gasteiger partial charge >= 0.3 is 0 Å². The van der Waals surface area contributed by atoms with Crippen LogP contribution in [0, 0.1) is 0 Å². The highest BCUT2D eigenvalue weighted by molar-refractivity contribution is 5.79. The third kappa shape index (κ3) is 7.16. The Balaban J connectivity index is 0.000000428. The summed E-state index contributed by atoms with van der Waals surface area (Å²) < 4.78 is 39.3. The molecule has 1 aliphatic heterocycles. The van der Waals surface area contributed by atoms with Gasteiger partial charge in [-0.15, -0.1) is 0 Å². The van der Waals surface area contributed by atoms with E-state index in [1.165, 1.54) is 7.11 Å². The molecule has 0 unspecified atom stereocenters. The number of carbonyl (C=O) groups is 1. The maximum Gasteiger partial charge on any atom is 0.264 e. The normalized spacial score (nSPS) is 17.2. The molecule has 1 fully saturated rings. The summed E-state index contributed by atoms with van der Waals surface area (Å²) in [5.74, 6) is -0.252. The van der Waals surface area contributed by atoms with Gasteiger partial charge < -0.3 is 14.2 Å². The number of rotatable bonds is 5. The van der Waals surface area contributed by atoms with E-state index >= 15 is 0 Å². The Hall–Kier alpha value is -1.53. The summed E-state index contributed by atoms with van der Waals surface area (Å²) in [6.07, 6.45) is -1.51. The fourth-order valence-electron chi connectivity index (χ4n) is 1.21. The Labute approximate surface area is 117 Å². The average Bonchev–Trinajstić information content (AvgIpc) is 2.79. The van der Waals surface area contributed by atoms with Gasteiger partial charge in [-0.25, -0.2) is 8.78 Å². The molecule has 0 spiro atoms. The second-order valence-corrected chi connectivity index (χ2v) is 4.31. The number of methoxy groups -OCH3 is 1. The van der Waals surface area contributed by atoms with Gasteiger partial charge in [0.2, 0.25) is 0 Å². The molecule has 0 aromatic heterocycles. The monoisotopic (exact) mass is 290 g/mol. The summed E-state index contributed by atoms with van der Waals surface area (Å²) in [6, 6.07) is 0. The fraction of sp³-hybridized carbons (Fsp3) is 0.500. The summed E-state index contributed by atoms with van der Waals surface area (Å²) in [5, 5.41) is 0. The van der Waals surface area contributed by atoms with Crippen molar-refractivity contribution in [1.29, 1.82) is 0 Å². The number of alkyl halides is 2. The number of hydrogen-bond acceptors (Lipinski definition) is 4. The predicted molar refractivity (Wildman–Crippen MR) is 71.4 cm³/mol. The number of carbonyl (C=O) groups excluding carboxylic acids is 1. The fourth-order valence-corrected chi connectivity index (χ4v) is 1.21. The Morgan fingerprint density at radius 1 is 1.30 bits per heavy atom. The van der Waals surface area contributed by atoms with Crippen LogP contribution in [0.3, 0.4) is 0 Å². The standard InChI is InChI=1S/C9H10F2O2.C5H10O2/c1-6(5-12)8(9(10)11)4-7(2)13-3;1-5(2)6-3-4-7-5/h4-5,9H,1-2H2,3H3;3-4H2,1-2H3/b8-4+;. The predicted octanol–water partition coefficient (Wildman–Crippen LogP) is 2.86. The van der Waals surface area contributed by atoms with E-state index in [-0.39, 0.29) is 23.4 Å². The van der Waals surface area contributed by atoms with Crippen LogP contribution in [0.15, 0.2) is 36.1 Å². The van der Waals surface area contributed by atoms with Crippen molar-refractivity contribution in [3.8, 4) is 0 Å². The van der Waals surface area contributed by atoms with Crippen molar-refractivity contribution in [1.82, 2.24) is 0 Å². The topological polar surface area (TPSA) is 44.8 Å². The van der Waals surface area contributed by atoms with Crippen molar-refractivity contribution in [2.45, 2.75) is 26.1 Å². The van der Waals surface area contributed by atoms with Crippen LogP contribution in [0.4, 0.5) is 8.78 Å². The van der Waals surface area contributed by atoms with Crippen molar-refractivity contribution in [3.63, 3.8) is 0 Å². The molecule has 0 bridgehead atoms. The molecule has 0 aromatic carbocycles. The number of allylic oxidation sites excluding steroid dienone is 3. The molecule has 1 aliphatic rings. The second kappa shape index (κ2) is 8.60. The Morgan fingerprint density at radius 3 is 2.05 bits per heavy atom. The largest absolute Gasteiger partial charge is 0.497 e. The molecule has 0 amide bonds. The quantitative estimate of drug-likeness (QED) is 0.338. The highest BCUT2D eigenvalue weighted by Crippen LogP contribution is 2.17. The zero-order valence-electron chi connectivity index (χ0n) is 11.9. The first-order valence-electron chi connectivity index (χ1n) is 5.88. The van der Waals surface area contributed by atoms with Crippen LogP contribution in [0.2, 0.25) is 0 Å². The van der Waals surface area contributed by atoms with E-state index in [1.54, 1.807) is 0 Å². The van der Waals surface area contributed by atoms with Crippen molar-refractivity contribution in [2.75, 3.05) is 20.3 Å². The van der Waals surface area contributed by atoms with E-state index in [1.807, 2.05) is 13.8 Å². The second-order valence-electron chi connectivity index (χ2n) is 4.31. The first-order chi connectivity index (χ1) is 9.23. The van der Waals surface area contributed by atoms with Crippen LogP contribution in [-0.4, -0.2) is 38.8 Å². The molecule has 0 saturated carbocycles. The van der Waals surface area contributed by atoms with Crippen molar-refractivity contribution in [3.05, 3.63) is 36.1 Å². The summed E-state index contributed by atoms with van der Waals surface area (Å²) in [6.45, 7) is 11.8. The van der Waals surface area contributed by atoms with Gasteiger partial charge in [0.15, 0.2) is 5.79 Å². The number of halogens is 2. The van der Waals surface area contributed by atoms with Gasteiger partial charge in [-0.05, 0) is 19.9 Å². The Bertz CT molecular complexity index is 379. The highest BCUT2D eigenvalue weighted by atomic mass is 19.3. The Morgan fingerprint density at radius 2 is 1.80 bits per heavy atom. The zero-order valence-corrected chi connectivity index (χ0v) is 11.9. The average molecular weight is 290 g/mol. The third-order valence-corrected chi connectivity index (χ3v) is 2.31. The number of hydrogen-bond donors (Lipinski definition) is 0. The molecule has 6 heteroatoms. The zero-order chi connectivity index (χ0) is 15.8. The van der Waals surface area contributed by atoms with E-state index in [0.717, 1.165) is 19.3 Å². The molecular formula is C14H20F2O4. The minimum atomic E-state index is -2.76. The third-order valence-electron chi connectivity index (χ3n) is 2.31. The van der Waals surface area contributed by atoms with Crippen LogP contribution < -0.4 is 0 Å². The molecule has 0 atom stereocenters. The molecule has 114 valence electrons. The van der Waals surface area contributed by atoms with Gasteiger partial charge in [-0.1, -0.05) is 13.2 Å². The maximum absolute atomic E-state index is 12.2. The summed E-state index contributed by atoms with van der Waals surface area (Å²) in [7, 11) is 1.30. The number of ether oxygens (including phenoxy) is 3. The molecule has 1 rings (SSSR count). The molecule has 0 aromatic rings. The summed E-state index contributed by atoms with van der Waals surface area (Å²) >= 11 is 0. The first-order valence-corrected chi connectivity index (χ1v) is 5.88. The van der Waals surface area contributed by atoms with Crippen LogP contribution in [0.25, 0.3) is 0 Å². The van der Waals surface area contributed by atoms with E-state index in [9.17, 15) is 13.6 Å². The molecule has 20 heavy (non-hydrogen) atoms. The van der Waals surface area contributed by atoms with E-state index in [0.29, 0.717) is 0 Å². The SMILES string of the molecule is C=C(/C=C(\C(=C)C=O)C(F)F)OC.CC1(C)OCCO1. The Kier molecular flexibility index (Phi) is 7.94. The van der Waals surface area contributed by atoms with E-state index in [4.69, 9.17) is 9.47 Å². The van der Waals surface area contributed by atoms with Crippen LogP contribution in [-0.2, 0) is 19.0 Å². The highest BCUT2D eigenvalue weighted by Gasteiger charge is 2.23.